The molecule has 3 aromatic rings. The van der Waals surface area contributed by atoms with Gasteiger partial charge in [0.1, 0.15) is 23.8 Å². The maximum absolute atomic E-state index is 13.9. The average molecular weight is 435 g/mol. The number of carbonyl (C=O) groups is 1. The number of carboxylic acid groups (broad SMARTS) is 1. The highest BCUT2D eigenvalue weighted by Crippen LogP contribution is 2.25. The van der Waals surface area contributed by atoms with E-state index in [1.54, 1.807) is 37.3 Å². The summed E-state index contributed by atoms with van der Waals surface area (Å²) >= 11 is 3.20. The molecule has 0 aliphatic heterocycles. The Labute approximate surface area is 162 Å². The maximum atomic E-state index is 13.9. The molecule has 0 saturated carbocycles. The molecule has 0 saturated heterocycles. The number of hydrogen-bond acceptors (Lipinski definition) is 4. The van der Waals surface area contributed by atoms with E-state index in [0.29, 0.717) is 37.9 Å². The molecule has 0 aliphatic rings. The van der Waals surface area contributed by atoms with Crippen LogP contribution in [0.15, 0.2) is 50.1 Å². The zero-order valence-electron chi connectivity index (χ0n) is 14.4. The molecule has 27 heavy (non-hydrogen) atoms. The Balaban J connectivity index is 1.86. The Morgan fingerprint density at radius 1 is 1.26 bits per heavy atom. The molecule has 0 fully saturated rings. The zero-order valence-corrected chi connectivity index (χ0v) is 16.0. The second-order valence-corrected chi connectivity index (χ2v) is 6.98. The normalized spacial score (nSPS) is 10.9. The molecule has 0 unspecified atom stereocenters. The van der Waals surface area contributed by atoms with Crippen molar-refractivity contribution in [3.8, 4) is 5.75 Å². The topological polar surface area (TPSA) is 76.7 Å². The Bertz CT molecular complexity index is 1070. The Hall–Kier alpha value is -2.67. The van der Waals surface area contributed by atoms with Gasteiger partial charge in [-0.05, 0) is 43.2 Å². The van der Waals surface area contributed by atoms with Crippen LogP contribution < -0.4 is 10.4 Å². The lowest BCUT2D eigenvalue weighted by molar-refractivity contribution is -0.136. The van der Waals surface area contributed by atoms with Gasteiger partial charge in [-0.25, -0.2) is 9.18 Å². The number of benzene rings is 2. The molecule has 2 aromatic carbocycles. The molecule has 0 amide bonds. The smallest absolute Gasteiger partial charge is 0.339 e. The Morgan fingerprint density at radius 2 is 2.04 bits per heavy atom. The Kier molecular flexibility index (Phi) is 5.60. The lowest BCUT2D eigenvalue weighted by Crippen LogP contribution is -2.12. The minimum Gasteiger partial charge on any atom is -0.489 e. The monoisotopic (exact) mass is 434 g/mol. The first-order valence-electron chi connectivity index (χ1n) is 8.20. The van der Waals surface area contributed by atoms with E-state index in [4.69, 9.17) is 14.3 Å². The molecule has 0 aliphatic carbocycles. The highest BCUT2D eigenvalue weighted by molar-refractivity contribution is 9.10. The van der Waals surface area contributed by atoms with Gasteiger partial charge in [0.2, 0.25) is 0 Å². The number of hydrogen-bond donors (Lipinski definition) is 1. The first kappa shape index (κ1) is 19.1. The van der Waals surface area contributed by atoms with Crippen LogP contribution in [-0.4, -0.2) is 11.1 Å². The maximum Gasteiger partial charge on any atom is 0.339 e. The second-order valence-electron chi connectivity index (χ2n) is 6.07. The number of aryl methyl sites for hydroxylation is 1. The number of carboxylic acids is 1. The largest absolute Gasteiger partial charge is 0.489 e. The van der Waals surface area contributed by atoms with Crippen LogP contribution >= 0.6 is 15.9 Å². The molecular formula is C20H16BrFO5. The molecule has 140 valence electrons. The summed E-state index contributed by atoms with van der Waals surface area (Å²) in [4.78, 5) is 22.9. The first-order chi connectivity index (χ1) is 12.8. The van der Waals surface area contributed by atoms with E-state index in [2.05, 4.69) is 15.9 Å². The van der Waals surface area contributed by atoms with E-state index < -0.39 is 11.6 Å². The number of aliphatic carboxylic acids is 1. The summed E-state index contributed by atoms with van der Waals surface area (Å²) in [5.74, 6) is -0.918. The van der Waals surface area contributed by atoms with Crippen molar-refractivity contribution >= 4 is 32.9 Å². The minimum absolute atomic E-state index is 0.0323. The summed E-state index contributed by atoms with van der Waals surface area (Å²) in [5, 5.41) is 9.52. The third kappa shape index (κ3) is 4.36. The fourth-order valence-electron chi connectivity index (χ4n) is 2.79. The molecule has 1 aromatic heterocycles. The van der Waals surface area contributed by atoms with Crippen LogP contribution in [0.25, 0.3) is 11.0 Å². The van der Waals surface area contributed by atoms with E-state index in [-0.39, 0.29) is 25.3 Å². The predicted octanol–water partition coefficient (Wildman–Crippen LogP) is 4.60. The van der Waals surface area contributed by atoms with E-state index >= 15 is 0 Å². The molecule has 0 radical (unpaired) electrons. The summed E-state index contributed by atoms with van der Waals surface area (Å²) in [5.41, 5.74) is 1.23. The van der Waals surface area contributed by atoms with Crippen molar-refractivity contribution in [1.82, 2.24) is 0 Å². The van der Waals surface area contributed by atoms with Crippen molar-refractivity contribution in [1.29, 1.82) is 0 Å². The first-order valence-corrected chi connectivity index (χ1v) is 8.99. The van der Waals surface area contributed by atoms with E-state index in [9.17, 15) is 14.0 Å². The standard InChI is InChI=1S/C20H16BrFO5/c1-11-15-5-4-14(26-10-12-2-3-13(21)8-17(12)22)9-18(15)27-20(25)16(11)6-7-19(23)24/h2-5,8-9H,6-7,10H2,1H3,(H,23,24). The predicted molar refractivity (Wildman–Crippen MR) is 102 cm³/mol. The summed E-state index contributed by atoms with van der Waals surface area (Å²) in [7, 11) is 0. The lowest BCUT2D eigenvalue weighted by Gasteiger charge is -2.10. The molecule has 0 spiro atoms. The van der Waals surface area contributed by atoms with Gasteiger partial charge in [0.25, 0.3) is 0 Å². The van der Waals surface area contributed by atoms with Crippen molar-refractivity contribution in [3.63, 3.8) is 0 Å². The fraction of sp³-hybridized carbons (Fsp3) is 0.200. The van der Waals surface area contributed by atoms with Crippen molar-refractivity contribution in [2.24, 2.45) is 0 Å². The highest BCUT2D eigenvalue weighted by Gasteiger charge is 2.13. The van der Waals surface area contributed by atoms with Gasteiger partial charge < -0.3 is 14.3 Å². The number of ether oxygens (including phenoxy) is 1. The minimum atomic E-state index is -0.974. The van der Waals surface area contributed by atoms with E-state index in [1.807, 2.05) is 0 Å². The van der Waals surface area contributed by atoms with E-state index in [0.717, 1.165) is 0 Å². The summed E-state index contributed by atoms with van der Waals surface area (Å²) in [6.07, 6.45) is -0.0302. The number of halogens is 2. The van der Waals surface area contributed by atoms with Gasteiger partial charge in [-0.2, -0.15) is 0 Å². The molecule has 5 nitrogen and oxygen atoms in total. The van der Waals surface area contributed by atoms with Crippen LogP contribution in [0.1, 0.15) is 23.1 Å². The van der Waals surface area contributed by atoms with Crippen LogP contribution in [0.3, 0.4) is 0 Å². The molecule has 1 heterocycles. The second kappa shape index (κ2) is 7.92. The Morgan fingerprint density at radius 3 is 2.74 bits per heavy atom. The van der Waals surface area contributed by atoms with Gasteiger partial charge in [0.05, 0.1) is 0 Å². The summed E-state index contributed by atoms with van der Waals surface area (Å²) in [6.45, 7) is 1.79. The number of rotatable bonds is 6. The zero-order chi connectivity index (χ0) is 19.6. The molecule has 0 bridgehead atoms. The van der Waals surface area contributed by atoms with Crippen LogP contribution in [0, 0.1) is 12.7 Å². The molecule has 7 heteroatoms. The van der Waals surface area contributed by atoms with Crippen LogP contribution in [0.5, 0.6) is 5.75 Å². The molecule has 0 atom stereocenters. The van der Waals surface area contributed by atoms with Gasteiger partial charge in [0, 0.05) is 33.5 Å². The van der Waals surface area contributed by atoms with Gasteiger partial charge >= 0.3 is 11.6 Å². The lowest BCUT2D eigenvalue weighted by atomic mass is 10.0. The average Bonchev–Trinajstić information content (AvgIpc) is 2.60. The van der Waals surface area contributed by atoms with Gasteiger partial charge in [-0.3, -0.25) is 4.79 Å². The van der Waals surface area contributed by atoms with Gasteiger partial charge in [0.15, 0.2) is 0 Å². The fourth-order valence-corrected chi connectivity index (χ4v) is 3.12. The third-order valence-electron chi connectivity index (χ3n) is 4.26. The quantitative estimate of drug-likeness (QED) is 0.573. The van der Waals surface area contributed by atoms with Gasteiger partial charge in [-0.1, -0.05) is 22.0 Å². The van der Waals surface area contributed by atoms with Crippen molar-refractivity contribution in [3.05, 3.63) is 73.8 Å². The van der Waals surface area contributed by atoms with Crippen molar-refractivity contribution in [2.45, 2.75) is 26.4 Å². The molecule has 3 rings (SSSR count). The van der Waals surface area contributed by atoms with Crippen LogP contribution in [0.4, 0.5) is 4.39 Å². The highest BCUT2D eigenvalue weighted by atomic mass is 79.9. The van der Waals surface area contributed by atoms with Crippen molar-refractivity contribution < 1.29 is 23.4 Å². The summed E-state index contributed by atoms with van der Waals surface area (Å²) in [6, 6.07) is 9.72. The van der Waals surface area contributed by atoms with Crippen LogP contribution in [0.2, 0.25) is 0 Å². The third-order valence-corrected chi connectivity index (χ3v) is 4.75. The SMILES string of the molecule is Cc1c(CCC(=O)O)c(=O)oc2cc(OCc3ccc(Br)cc3F)ccc12. The van der Waals surface area contributed by atoms with Crippen molar-refractivity contribution in [2.75, 3.05) is 0 Å². The molecule has 1 N–H and O–H groups in total. The van der Waals surface area contributed by atoms with E-state index in [1.165, 1.54) is 6.07 Å². The van der Waals surface area contributed by atoms with Crippen LogP contribution in [-0.2, 0) is 17.8 Å². The summed E-state index contributed by atoms with van der Waals surface area (Å²) < 4.78 is 25.5. The number of fused-ring (bicyclic) bond motifs is 1. The van der Waals surface area contributed by atoms with Gasteiger partial charge in [-0.15, -0.1) is 0 Å². The molecular weight excluding hydrogens is 419 g/mol.